The van der Waals surface area contributed by atoms with Crippen LogP contribution in [-0.2, 0) is 4.79 Å². The minimum Gasteiger partial charge on any atom is -0.394 e. The van der Waals surface area contributed by atoms with Gasteiger partial charge in [0.1, 0.15) is 0 Å². The van der Waals surface area contributed by atoms with Crippen LogP contribution in [0.2, 0.25) is 0 Å². The number of allylic oxidation sites excluding steroid dienone is 3. The zero-order chi connectivity index (χ0) is 19.7. The van der Waals surface area contributed by atoms with Gasteiger partial charge in [-0.1, -0.05) is 6.07 Å². The topological polar surface area (TPSA) is 48.5 Å². The summed E-state index contributed by atoms with van der Waals surface area (Å²) in [6.45, 7) is 6.67. The van der Waals surface area contributed by atoms with Crippen molar-refractivity contribution in [2.24, 2.45) is 0 Å². The van der Waals surface area contributed by atoms with Crippen molar-refractivity contribution in [3.63, 3.8) is 0 Å². The van der Waals surface area contributed by atoms with E-state index in [0.29, 0.717) is 0 Å². The van der Waals surface area contributed by atoms with Crippen LogP contribution >= 0.6 is 11.3 Å². The maximum Gasteiger partial charge on any atom is 0.255 e. The molecule has 1 aromatic carbocycles. The van der Waals surface area contributed by atoms with E-state index in [1.54, 1.807) is 11.3 Å². The number of thiazole rings is 1. The molecule has 5 nitrogen and oxygen atoms in total. The minimum absolute atomic E-state index is 0.161. The number of carbonyl (C=O) groups excluding carboxylic acids is 1. The summed E-state index contributed by atoms with van der Waals surface area (Å²) in [5.74, 6) is 0.161. The normalized spacial score (nSPS) is 19.8. The van der Waals surface area contributed by atoms with Crippen LogP contribution in [0.3, 0.4) is 0 Å². The van der Waals surface area contributed by atoms with Gasteiger partial charge in [-0.25, -0.2) is 4.98 Å². The predicted molar refractivity (Wildman–Crippen MR) is 115 cm³/mol. The molecule has 0 fully saturated rings. The van der Waals surface area contributed by atoms with Crippen molar-refractivity contribution >= 4 is 27.5 Å². The number of nitrogens with one attached hydrogen (secondary N) is 1. The molecule has 3 heterocycles. The van der Waals surface area contributed by atoms with Crippen molar-refractivity contribution in [3.05, 3.63) is 64.5 Å². The van der Waals surface area contributed by atoms with Gasteiger partial charge < -0.3 is 10.2 Å². The quantitative estimate of drug-likeness (QED) is 0.783. The van der Waals surface area contributed by atoms with E-state index < -0.39 is 0 Å². The lowest BCUT2D eigenvalue weighted by atomic mass is 9.98. The number of nitrogens with zero attached hydrogens (tertiary/aromatic N) is 3. The van der Waals surface area contributed by atoms with Crippen LogP contribution in [0, 0.1) is 0 Å². The molecule has 1 atom stereocenters. The molecule has 1 N–H and O–H groups in total. The van der Waals surface area contributed by atoms with Gasteiger partial charge in [-0.2, -0.15) is 0 Å². The molecule has 1 amide bonds. The molecule has 28 heavy (non-hydrogen) atoms. The van der Waals surface area contributed by atoms with Gasteiger partial charge >= 0.3 is 0 Å². The van der Waals surface area contributed by atoms with E-state index in [2.05, 4.69) is 40.3 Å². The smallest absolute Gasteiger partial charge is 0.255 e. The van der Waals surface area contributed by atoms with Gasteiger partial charge in [-0.3, -0.25) is 9.69 Å². The average molecular weight is 395 g/mol. The van der Waals surface area contributed by atoms with Crippen molar-refractivity contribution in [3.8, 4) is 0 Å². The summed E-state index contributed by atoms with van der Waals surface area (Å²) in [7, 11) is 1.86. The summed E-state index contributed by atoms with van der Waals surface area (Å²) < 4.78 is 1.22. The van der Waals surface area contributed by atoms with Gasteiger partial charge in [0.2, 0.25) is 0 Å². The Morgan fingerprint density at radius 2 is 2.21 bits per heavy atom. The molecule has 0 aliphatic carbocycles. The average Bonchev–Trinajstić information content (AvgIpc) is 3.31. The number of rotatable bonds is 5. The SMILES string of the molecule is CN/C=C\C=C(/C)N1CC2=C(CN(C(C)c3ccc4scnc4c3)CC2)C1=O. The Hall–Kier alpha value is -2.44. The number of aromatic nitrogens is 1. The summed E-state index contributed by atoms with van der Waals surface area (Å²) >= 11 is 1.67. The molecule has 146 valence electrons. The van der Waals surface area contributed by atoms with E-state index >= 15 is 0 Å². The van der Waals surface area contributed by atoms with E-state index in [1.807, 2.05) is 42.7 Å². The molecule has 0 saturated heterocycles. The van der Waals surface area contributed by atoms with Crippen LogP contribution in [0.5, 0.6) is 0 Å². The second-order valence-corrected chi connectivity index (χ2v) is 8.29. The Bertz CT molecular complexity index is 987. The molecular formula is C22H26N4OS. The number of hydrogen-bond acceptors (Lipinski definition) is 5. The Morgan fingerprint density at radius 1 is 1.36 bits per heavy atom. The third-order valence-electron chi connectivity index (χ3n) is 5.75. The van der Waals surface area contributed by atoms with Gasteiger partial charge in [-0.05, 0) is 61.9 Å². The fourth-order valence-electron chi connectivity index (χ4n) is 3.98. The zero-order valence-electron chi connectivity index (χ0n) is 16.6. The maximum absolute atomic E-state index is 13.0. The zero-order valence-corrected chi connectivity index (χ0v) is 17.4. The molecule has 2 aliphatic heterocycles. The van der Waals surface area contributed by atoms with Crippen LogP contribution in [0.4, 0.5) is 0 Å². The first-order valence-electron chi connectivity index (χ1n) is 9.69. The Labute approximate surface area is 170 Å². The third kappa shape index (κ3) is 3.50. The standard InChI is InChI=1S/C22H26N4OS/c1-15(5-4-9-23-3)26-12-18-8-10-25(13-19(18)22(26)27)16(2)17-6-7-21-20(11-17)24-14-28-21/h4-7,9,11,14,16,23H,8,10,12-13H2,1-3H3/b9-4-,15-5+. The number of benzene rings is 1. The van der Waals surface area contributed by atoms with Crippen LogP contribution < -0.4 is 5.32 Å². The van der Waals surface area contributed by atoms with Crippen molar-refractivity contribution in [2.75, 3.05) is 26.7 Å². The van der Waals surface area contributed by atoms with Crippen LogP contribution in [-0.4, -0.2) is 47.4 Å². The molecule has 0 saturated carbocycles. The minimum atomic E-state index is 0.161. The van der Waals surface area contributed by atoms with E-state index in [4.69, 9.17) is 0 Å². The van der Waals surface area contributed by atoms with Crippen molar-refractivity contribution in [1.29, 1.82) is 0 Å². The first-order chi connectivity index (χ1) is 13.6. The van der Waals surface area contributed by atoms with E-state index in [9.17, 15) is 4.79 Å². The number of fused-ring (bicyclic) bond motifs is 1. The fourth-order valence-corrected chi connectivity index (χ4v) is 4.64. The van der Waals surface area contributed by atoms with E-state index in [0.717, 1.165) is 42.8 Å². The molecule has 0 radical (unpaired) electrons. The van der Waals surface area contributed by atoms with E-state index in [1.165, 1.54) is 15.8 Å². The monoisotopic (exact) mass is 394 g/mol. The van der Waals surface area contributed by atoms with Crippen LogP contribution in [0.15, 0.2) is 58.9 Å². The predicted octanol–water partition coefficient (Wildman–Crippen LogP) is 3.84. The van der Waals surface area contributed by atoms with Gasteiger partial charge in [0.05, 0.1) is 15.7 Å². The summed E-state index contributed by atoms with van der Waals surface area (Å²) in [5, 5.41) is 2.97. The first-order valence-corrected chi connectivity index (χ1v) is 10.6. The van der Waals surface area contributed by atoms with Crippen LogP contribution in [0.1, 0.15) is 31.9 Å². The summed E-state index contributed by atoms with van der Waals surface area (Å²) in [6.07, 6.45) is 6.74. The largest absolute Gasteiger partial charge is 0.394 e. The van der Waals surface area contributed by atoms with Crippen LogP contribution in [0.25, 0.3) is 10.2 Å². The Kier molecular flexibility index (Phi) is 5.33. The second-order valence-electron chi connectivity index (χ2n) is 7.41. The highest BCUT2D eigenvalue weighted by Gasteiger charge is 2.35. The van der Waals surface area contributed by atoms with Gasteiger partial charge in [0, 0.05) is 44.0 Å². The molecule has 0 bridgehead atoms. The highest BCUT2D eigenvalue weighted by atomic mass is 32.1. The van der Waals surface area contributed by atoms with Gasteiger partial charge in [0.15, 0.2) is 0 Å². The molecule has 4 rings (SSSR count). The second kappa shape index (κ2) is 7.89. The molecule has 0 spiro atoms. The molecule has 1 aromatic heterocycles. The molecule has 1 unspecified atom stereocenters. The molecular weight excluding hydrogens is 368 g/mol. The summed E-state index contributed by atoms with van der Waals surface area (Å²) in [4.78, 5) is 21.8. The summed E-state index contributed by atoms with van der Waals surface area (Å²) in [6, 6.07) is 6.79. The molecule has 2 aromatic rings. The molecule has 2 aliphatic rings. The highest BCUT2D eigenvalue weighted by molar-refractivity contribution is 7.16. The Balaban J connectivity index is 1.49. The molecule has 6 heteroatoms. The van der Waals surface area contributed by atoms with Gasteiger partial charge in [-0.15, -0.1) is 11.3 Å². The first kappa shape index (κ1) is 18.9. The lowest BCUT2D eigenvalue weighted by molar-refractivity contribution is -0.124. The van der Waals surface area contributed by atoms with E-state index in [-0.39, 0.29) is 11.9 Å². The number of carbonyl (C=O) groups is 1. The Morgan fingerprint density at radius 3 is 3.04 bits per heavy atom. The van der Waals surface area contributed by atoms with Gasteiger partial charge in [0.25, 0.3) is 5.91 Å². The highest BCUT2D eigenvalue weighted by Crippen LogP contribution is 2.34. The number of amides is 1. The summed E-state index contributed by atoms with van der Waals surface area (Å²) in [5.41, 5.74) is 7.49. The lowest BCUT2D eigenvalue weighted by Gasteiger charge is -2.32. The lowest BCUT2D eigenvalue weighted by Crippen LogP contribution is -2.35. The maximum atomic E-state index is 13.0. The third-order valence-corrected chi connectivity index (χ3v) is 6.56. The van der Waals surface area contributed by atoms with Crippen molar-refractivity contribution < 1.29 is 4.79 Å². The number of hydrogen-bond donors (Lipinski definition) is 1. The van der Waals surface area contributed by atoms with Crippen molar-refractivity contribution in [1.82, 2.24) is 20.1 Å². The van der Waals surface area contributed by atoms with Crippen molar-refractivity contribution in [2.45, 2.75) is 26.3 Å². The fraction of sp³-hybridized carbons (Fsp3) is 0.364.